The number of benzene rings is 2. The predicted octanol–water partition coefficient (Wildman–Crippen LogP) is 4.29. The first-order valence-corrected chi connectivity index (χ1v) is 13.3. The van der Waals surface area contributed by atoms with Gasteiger partial charge in [0.15, 0.2) is 23.0 Å². The Morgan fingerprint density at radius 2 is 1.15 bits per heavy atom. The highest BCUT2D eigenvalue weighted by Gasteiger charge is 2.27. The Morgan fingerprint density at radius 3 is 1.59 bits per heavy atom. The molecule has 0 bridgehead atoms. The lowest BCUT2D eigenvalue weighted by molar-refractivity contribution is 0.125. The van der Waals surface area contributed by atoms with Gasteiger partial charge in [-0.05, 0) is 71.5 Å². The molecular formula is C30H33NO8. The van der Waals surface area contributed by atoms with Gasteiger partial charge in [-0.15, -0.1) is 0 Å². The average molecular weight is 536 g/mol. The molecule has 2 aromatic rings. The maximum absolute atomic E-state index is 5.86. The largest absolute Gasteiger partial charge is 0.493 e. The number of epoxide rings is 3. The zero-order chi connectivity index (χ0) is 26.6. The first-order valence-electron chi connectivity index (χ1n) is 13.3. The van der Waals surface area contributed by atoms with E-state index in [1.54, 1.807) is 14.2 Å². The molecule has 9 heteroatoms. The third-order valence-corrected chi connectivity index (χ3v) is 6.80. The minimum absolute atomic E-state index is 0.131. The topological polar surface area (TPSA) is 96.1 Å². The number of allylic oxidation sites excluding steroid dienone is 2. The predicted molar refractivity (Wildman–Crippen MR) is 145 cm³/mol. The molecule has 0 N–H and O–H groups in total. The molecule has 1 aliphatic carbocycles. The zero-order valence-electron chi connectivity index (χ0n) is 22.2. The maximum atomic E-state index is 5.86. The van der Waals surface area contributed by atoms with Gasteiger partial charge < -0.3 is 38.0 Å². The molecule has 3 saturated heterocycles. The number of rotatable bonds is 13. The van der Waals surface area contributed by atoms with Crippen LogP contribution in [0.2, 0.25) is 0 Å². The summed E-state index contributed by atoms with van der Waals surface area (Å²) in [5.41, 5.74) is 5.03. The normalized spacial score (nSPS) is 25.0. The van der Waals surface area contributed by atoms with Crippen molar-refractivity contribution < 1.29 is 38.0 Å². The summed E-state index contributed by atoms with van der Waals surface area (Å²) in [6.07, 6.45) is 6.43. The van der Waals surface area contributed by atoms with Crippen molar-refractivity contribution in [3.63, 3.8) is 0 Å². The Balaban J connectivity index is 1.23. The number of hydrogen-bond donors (Lipinski definition) is 0. The molecule has 0 radical (unpaired) electrons. The summed E-state index contributed by atoms with van der Waals surface area (Å²) in [5.74, 6) is 2.77. The molecule has 3 atom stereocenters. The standard InChI is InChI=1S/C30H33NO8/c1-32-28-11-19(3-7-26(28)37-16-23-13-34-23)9-21-5-6-22(30(21)31-39-18-25-15-36-25)10-20-4-8-27(29(12-20)33-2)38-17-24-14-35-24/h3-4,7-12,23-25H,5-6,13-18H2,1-2H3/b21-9+,22-10+,31-30?. The van der Waals surface area contributed by atoms with Crippen LogP contribution in [0.25, 0.3) is 12.2 Å². The van der Waals surface area contributed by atoms with Gasteiger partial charge in [-0.2, -0.15) is 0 Å². The second kappa shape index (κ2) is 11.7. The van der Waals surface area contributed by atoms with Crippen LogP contribution in [0.1, 0.15) is 24.0 Å². The Labute approximate surface area is 227 Å². The fraction of sp³-hybridized carbons (Fsp3) is 0.433. The first kappa shape index (κ1) is 25.7. The summed E-state index contributed by atoms with van der Waals surface area (Å²) >= 11 is 0. The maximum Gasteiger partial charge on any atom is 0.161 e. The van der Waals surface area contributed by atoms with Crippen LogP contribution in [0.3, 0.4) is 0 Å². The van der Waals surface area contributed by atoms with Gasteiger partial charge in [0.05, 0.1) is 34.0 Å². The minimum Gasteiger partial charge on any atom is -0.493 e. The van der Waals surface area contributed by atoms with Crippen LogP contribution in [0, 0.1) is 0 Å². The molecule has 9 nitrogen and oxygen atoms in total. The molecular weight excluding hydrogens is 502 g/mol. The van der Waals surface area contributed by atoms with Gasteiger partial charge in [-0.25, -0.2) is 0 Å². The molecule has 0 spiro atoms. The smallest absolute Gasteiger partial charge is 0.161 e. The van der Waals surface area contributed by atoms with Crippen molar-refractivity contribution in [2.24, 2.45) is 5.16 Å². The summed E-state index contributed by atoms with van der Waals surface area (Å²) in [4.78, 5) is 5.69. The van der Waals surface area contributed by atoms with Crippen LogP contribution < -0.4 is 18.9 Å². The van der Waals surface area contributed by atoms with Crippen LogP contribution in [0.5, 0.6) is 23.0 Å². The van der Waals surface area contributed by atoms with Crippen LogP contribution in [-0.2, 0) is 19.0 Å². The van der Waals surface area contributed by atoms with Crippen LogP contribution >= 0.6 is 0 Å². The second-order valence-electron chi connectivity index (χ2n) is 9.88. The van der Waals surface area contributed by atoms with E-state index < -0.39 is 0 Å². The van der Waals surface area contributed by atoms with Gasteiger partial charge in [-0.3, -0.25) is 0 Å². The Bertz CT molecular complexity index is 1190. The molecule has 1 saturated carbocycles. The van der Waals surface area contributed by atoms with Crippen LogP contribution in [0.15, 0.2) is 52.7 Å². The molecule has 4 fully saturated rings. The minimum atomic E-state index is 0.131. The summed E-state index contributed by atoms with van der Waals surface area (Å²) < 4.78 is 38.7. The van der Waals surface area contributed by atoms with Gasteiger partial charge in [0.1, 0.15) is 43.8 Å². The van der Waals surface area contributed by atoms with Gasteiger partial charge in [-0.1, -0.05) is 17.3 Å². The number of methoxy groups -OCH3 is 2. The third kappa shape index (κ3) is 6.92. The third-order valence-electron chi connectivity index (χ3n) is 6.80. The van der Waals surface area contributed by atoms with E-state index in [0.29, 0.717) is 42.8 Å². The van der Waals surface area contributed by atoms with E-state index in [1.807, 2.05) is 36.4 Å². The first-order chi connectivity index (χ1) is 19.2. The van der Waals surface area contributed by atoms with Crippen molar-refractivity contribution in [3.05, 3.63) is 58.7 Å². The molecule has 39 heavy (non-hydrogen) atoms. The SMILES string of the molecule is COc1cc(/C=C2\CC/C(=C\c3ccc(OCC4CO4)c(OC)c3)C2=NOCC2CO2)ccc1OCC1CO1. The quantitative estimate of drug-likeness (QED) is 0.277. The van der Waals surface area contributed by atoms with E-state index in [4.69, 9.17) is 38.0 Å². The zero-order valence-corrected chi connectivity index (χ0v) is 22.2. The lowest BCUT2D eigenvalue weighted by atomic mass is 10.1. The van der Waals surface area contributed by atoms with Crippen molar-refractivity contribution in [3.8, 4) is 23.0 Å². The van der Waals surface area contributed by atoms with Crippen molar-refractivity contribution in [1.82, 2.24) is 0 Å². The number of oxime groups is 1. The highest BCUT2D eigenvalue weighted by atomic mass is 16.7. The average Bonchev–Trinajstić information content (AvgIpc) is 3.82. The lowest BCUT2D eigenvalue weighted by Crippen LogP contribution is -2.05. The Hall–Kier alpha value is -3.53. The van der Waals surface area contributed by atoms with Crippen molar-refractivity contribution in [2.45, 2.75) is 31.2 Å². The number of hydrogen-bond acceptors (Lipinski definition) is 9. The fourth-order valence-electron chi connectivity index (χ4n) is 4.34. The number of ether oxygens (including phenoxy) is 7. The van der Waals surface area contributed by atoms with Crippen LogP contribution in [0.4, 0.5) is 0 Å². The fourth-order valence-corrected chi connectivity index (χ4v) is 4.34. The van der Waals surface area contributed by atoms with E-state index >= 15 is 0 Å². The van der Waals surface area contributed by atoms with Gasteiger partial charge in [0.2, 0.25) is 0 Å². The van der Waals surface area contributed by atoms with E-state index in [0.717, 1.165) is 60.6 Å². The van der Waals surface area contributed by atoms with Gasteiger partial charge >= 0.3 is 0 Å². The van der Waals surface area contributed by atoms with Gasteiger partial charge in [0.25, 0.3) is 0 Å². The summed E-state index contributed by atoms with van der Waals surface area (Å²) in [5, 5.41) is 4.55. The van der Waals surface area contributed by atoms with Crippen molar-refractivity contribution >= 4 is 17.9 Å². The van der Waals surface area contributed by atoms with Crippen molar-refractivity contribution in [2.75, 3.05) is 53.9 Å². The van der Waals surface area contributed by atoms with E-state index in [2.05, 4.69) is 17.3 Å². The van der Waals surface area contributed by atoms with Crippen molar-refractivity contribution in [1.29, 1.82) is 0 Å². The molecule has 3 unspecified atom stereocenters. The highest BCUT2D eigenvalue weighted by molar-refractivity contribution is 6.19. The summed E-state index contributed by atoms with van der Waals surface area (Å²) in [6, 6.07) is 11.9. The molecule has 0 aromatic heterocycles. The lowest BCUT2D eigenvalue weighted by Gasteiger charge is -2.11. The molecule has 206 valence electrons. The van der Waals surface area contributed by atoms with Crippen LogP contribution in [-0.4, -0.2) is 77.9 Å². The van der Waals surface area contributed by atoms with Gasteiger partial charge in [0, 0.05) is 0 Å². The number of nitrogens with zero attached hydrogens (tertiary/aromatic N) is 1. The Morgan fingerprint density at radius 1 is 0.692 bits per heavy atom. The molecule has 4 aliphatic rings. The Kier molecular flexibility index (Phi) is 7.71. The summed E-state index contributed by atoms with van der Waals surface area (Å²) in [7, 11) is 3.29. The molecule has 2 aromatic carbocycles. The molecule has 3 aliphatic heterocycles. The summed E-state index contributed by atoms with van der Waals surface area (Å²) in [6.45, 7) is 3.71. The molecule has 6 rings (SSSR count). The molecule has 3 heterocycles. The second-order valence-corrected chi connectivity index (χ2v) is 9.88. The monoisotopic (exact) mass is 535 g/mol. The van der Waals surface area contributed by atoms with E-state index in [-0.39, 0.29) is 18.3 Å². The van der Waals surface area contributed by atoms with E-state index in [9.17, 15) is 0 Å². The molecule has 0 amide bonds. The van der Waals surface area contributed by atoms with E-state index in [1.165, 1.54) is 0 Å². The highest BCUT2D eigenvalue weighted by Crippen LogP contribution is 2.35.